The molecule has 0 aliphatic rings. The molecule has 1 atom stereocenters. The van der Waals surface area contributed by atoms with Crippen molar-refractivity contribution in [3.05, 3.63) is 35.9 Å². The summed E-state index contributed by atoms with van der Waals surface area (Å²) in [6.07, 6.45) is -0.0434. The van der Waals surface area contributed by atoms with Crippen molar-refractivity contribution in [2.75, 3.05) is 6.61 Å². The van der Waals surface area contributed by atoms with E-state index >= 15 is 0 Å². The molecular weight excluding hydrogens is 196 g/mol. The number of hydrogen-bond donors (Lipinski definition) is 1. The lowest BCUT2D eigenvalue weighted by Gasteiger charge is -2.07. The number of aliphatic hydroxyl groups excluding tert-OH is 1. The number of thiocarbonyl (C=S) groups is 1. The maximum atomic E-state index is 8.87. The second-order valence-electron chi connectivity index (χ2n) is 3.01. The predicted octanol–water partition coefficient (Wildman–Crippen LogP) is 2.15. The van der Waals surface area contributed by atoms with E-state index in [2.05, 4.69) is 0 Å². The maximum Gasteiger partial charge on any atom is 0.151 e. The van der Waals surface area contributed by atoms with E-state index < -0.39 is 6.29 Å². The van der Waals surface area contributed by atoms with Gasteiger partial charge >= 0.3 is 0 Å². The standard InChI is InChI=1S/C11H14O2S/c1-9(12)13-8-7-11(14)10-5-3-2-4-6-10/h2-6,9,12H,7-8H2,1H3. The fourth-order valence-corrected chi connectivity index (χ4v) is 1.31. The monoisotopic (exact) mass is 210 g/mol. The smallest absolute Gasteiger partial charge is 0.151 e. The third-order valence-electron chi connectivity index (χ3n) is 1.78. The highest BCUT2D eigenvalue weighted by atomic mass is 32.1. The quantitative estimate of drug-likeness (QED) is 0.459. The Morgan fingerprint density at radius 2 is 2.07 bits per heavy atom. The lowest BCUT2D eigenvalue weighted by molar-refractivity contribution is -0.0823. The van der Waals surface area contributed by atoms with Gasteiger partial charge in [-0.15, -0.1) is 0 Å². The van der Waals surface area contributed by atoms with Crippen molar-refractivity contribution in [3.63, 3.8) is 0 Å². The van der Waals surface area contributed by atoms with Crippen molar-refractivity contribution in [2.24, 2.45) is 0 Å². The molecule has 2 nitrogen and oxygen atoms in total. The fraction of sp³-hybridized carbons (Fsp3) is 0.364. The Morgan fingerprint density at radius 3 is 2.64 bits per heavy atom. The van der Waals surface area contributed by atoms with Gasteiger partial charge in [-0.25, -0.2) is 0 Å². The first-order chi connectivity index (χ1) is 6.70. The largest absolute Gasteiger partial charge is 0.368 e. The second kappa shape index (κ2) is 5.86. The van der Waals surface area contributed by atoms with E-state index in [0.717, 1.165) is 10.4 Å². The van der Waals surface area contributed by atoms with Crippen LogP contribution in [0.15, 0.2) is 30.3 Å². The zero-order chi connectivity index (χ0) is 10.4. The highest BCUT2D eigenvalue weighted by Gasteiger charge is 2.01. The van der Waals surface area contributed by atoms with Crippen molar-refractivity contribution >= 4 is 17.1 Å². The predicted molar refractivity (Wildman–Crippen MR) is 60.4 cm³/mol. The minimum absolute atomic E-state index is 0.464. The third kappa shape index (κ3) is 3.96. The molecule has 1 N–H and O–H groups in total. The molecule has 0 amide bonds. The van der Waals surface area contributed by atoms with E-state index in [9.17, 15) is 0 Å². The summed E-state index contributed by atoms with van der Waals surface area (Å²) in [5, 5.41) is 8.87. The molecule has 1 aromatic rings. The molecular formula is C11H14O2S. The van der Waals surface area contributed by atoms with Crippen molar-refractivity contribution in [1.29, 1.82) is 0 Å². The van der Waals surface area contributed by atoms with Gasteiger partial charge in [0.1, 0.15) is 0 Å². The van der Waals surface area contributed by atoms with Crippen molar-refractivity contribution < 1.29 is 9.84 Å². The molecule has 0 saturated heterocycles. The Kier molecular flexibility index (Phi) is 4.73. The maximum absolute atomic E-state index is 8.87. The topological polar surface area (TPSA) is 29.5 Å². The van der Waals surface area contributed by atoms with E-state index in [1.807, 2.05) is 30.3 Å². The summed E-state index contributed by atoms with van der Waals surface area (Å²) in [4.78, 5) is 0.867. The summed E-state index contributed by atoms with van der Waals surface area (Å²) in [5.74, 6) is 0. The second-order valence-corrected chi connectivity index (χ2v) is 3.50. The number of benzene rings is 1. The zero-order valence-corrected chi connectivity index (χ0v) is 8.96. The van der Waals surface area contributed by atoms with E-state index in [-0.39, 0.29) is 0 Å². The minimum atomic E-state index is -0.714. The molecule has 1 rings (SSSR count). The minimum Gasteiger partial charge on any atom is -0.368 e. The van der Waals surface area contributed by atoms with Crippen LogP contribution in [0.25, 0.3) is 0 Å². The number of hydrogen-bond acceptors (Lipinski definition) is 3. The van der Waals surface area contributed by atoms with Crippen LogP contribution in [0.1, 0.15) is 18.9 Å². The van der Waals surface area contributed by atoms with Gasteiger partial charge in [0.05, 0.1) is 6.61 Å². The molecule has 0 aliphatic carbocycles. The lowest BCUT2D eigenvalue weighted by Crippen LogP contribution is -2.10. The molecule has 0 radical (unpaired) electrons. The summed E-state index contributed by atoms with van der Waals surface area (Å²) >= 11 is 5.21. The van der Waals surface area contributed by atoms with Crippen LogP contribution < -0.4 is 0 Å². The van der Waals surface area contributed by atoms with Crippen molar-refractivity contribution in [3.8, 4) is 0 Å². The van der Waals surface area contributed by atoms with Gasteiger partial charge in [0.2, 0.25) is 0 Å². The van der Waals surface area contributed by atoms with Gasteiger partial charge in [-0.2, -0.15) is 0 Å². The van der Waals surface area contributed by atoms with E-state index in [4.69, 9.17) is 22.1 Å². The average Bonchev–Trinajstić information content (AvgIpc) is 2.18. The molecule has 1 aromatic carbocycles. The molecule has 0 aromatic heterocycles. The van der Waals surface area contributed by atoms with Crippen LogP contribution in [0.2, 0.25) is 0 Å². The Balaban J connectivity index is 2.36. The third-order valence-corrected chi connectivity index (χ3v) is 2.22. The van der Waals surface area contributed by atoms with Gasteiger partial charge in [-0.1, -0.05) is 42.5 Å². The molecule has 3 heteroatoms. The van der Waals surface area contributed by atoms with Crippen LogP contribution in [0.4, 0.5) is 0 Å². The molecule has 0 spiro atoms. The van der Waals surface area contributed by atoms with Crippen molar-refractivity contribution in [1.82, 2.24) is 0 Å². The first-order valence-electron chi connectivity index (χ1n) is 4.58. The molecule has 14 heavy (non-hydrogen) atoms. The van der Waals surface area contributed by atoms with Gasteiger partial charge in [0.15, 0.2) is 6.29 Å². The molecule has 0 heterocycles. The summed E-state index contributed by atoms with van der Waals surface area (Å²) in [5.41, 5.74) is 1.05. The Bertz CT molecular complexity index is 283. The normalized spacial score (nSPS) is 12.4. The lowest BCUT2D eigenvalue weighted by atomic mass is 10.1. The molecule has 0 aliphatic heterocycles. The van der Waals surface area contributed by atoms with Crippen LogP contribution in [0.5, 0.6) is 0 Å². The molecule has 76 valence electrons. The van der Waals surface area contributed by atoms with Crippen LogP contribution in [0, 0.1) is 0 Å². The number of ether oxygens (including phenoxy) is 1. The molecule has 0 fully saturated rings. The summed E-state index contributed by atoms with van der Waals surface area (Å²) in [7, 11) is 0. The van der Waals surface area contributed by atoms with Crippen LogP contribution >= 0.6 is 12.2 Å². The molecule has 0 bridgehead atoms. The average molecular weight is 210 g/mol. The Hall–Kier alpha value is -0.770. The zero-order valence-electron chi connectivity index (χ0n) is 8.14. The summed E-state index contributed by atoms with van der Waals surface area (Å²) in [6.45, 7) is 2.05. The summed E-state index contributed by atoms with van der Waals surface area (Å²) < 4.78 is 5.00. The highest BCUT2D eigenvalue weighted by molar-refractivity contribution is 7.80. The fourth-order valence-electron chi connectivity index (χ4n) is 1.09. The summed E-state index contributed by atoms with van der Waals surface area (Å²) in [6, 6.07) is 9.82. The molecule has 0 saturated carbocycles. The van der Waals surface area contributed by atoms with E-state index in [0.29, 0.717) is 13.0 Å². The highest BCUT2D eigenvalue weighted by Crippen LogP contribution is 2.04. The van der Waals surface area contributed by atoms with Gasteiger partial charge in [0, 0.05) is 11.3 Å². The Morgan fingerprint density at radius 1 is 1.43 bits per heavy atom. The van der Waals surface area contributed by atoms with Crippen LogP contribution in [-0.2, 0) is 4.74 Å². The van der Waals surface area contributed by atoms with E-state index in [1.165, 1.54) is 0 Å². The Labute approximate surface area is 89.5 Å². The van der Waals surface area contributed by atoms with Gasteiger partial charge < -0.3 is 9.84 Å². The SMILES string of the molecule is CC(O)OCCC(=S)c1ccccc1. The number of aliphatic hydroxyl groups is 1. The first-order valence-corrected chi connectivity index (χ1v) is 4.99. The van der Waals surface area contributed by atoms with Gasteiger partial charge in [0.25, 0.3) is 0 Å². The first kappa shape index (κ1) is 11.3. The van der Waals surface area contributed by atoms with Crippen molar-refractivity contribution in [2.45, 2.75) is 19.6 Å². The van der Waals surface area contributed by atoms with Crippen LogP contribution in [0.3, 0.4) is 0 Å². The molecule has 1 unspecified atom stereocenters. The van der Waals surface area contributed by atoms with Crippen LogP contribution in [-0.4, -0.2) is 22.9 Å². The number of rotatable bonds is 5. The van der Waals surface area contributed by atoms with Gasteiger partial charge in [-0.05, 0) is 12.5 Å². The van der Waals surface area contributed by atoms with Gasteiger partial charge in [-0.3, -0.25) is 0 Å². The van der Waals surface area contributed by atoms with E-state index in [1.54, 1.807) is 6.92 Å².